The molecular formula is C13H17N+. The van der Waals surface area contributed by atoms with Crippen LogP contribution in [-0.2, 0) is 0 Å². The first-order valence-electron chi connectivity index (χ1n) is 5.11. The van der Waals surface area contributed by atoms with E-state index in [2.05, 4.69) is 62.5 Å². The summed E-state index contributed by atoms with van der Waals surface area (Å²) in [7, 11) is 0. The second-order valence-corrected chi connectivity index (χ2v) is 4.93. The molecule has 1 heterocycles. The van der Waals surface area contributed by atoms with E-state index >= 15 is 0 Å². The van der Waals surface area contributed by atoms with Crippen LogP contribution in [0, 0.1) is 5.41 Å². The minimum Gasteiger partial charge on any atom is -0.139 e. The van der Waals surface area contributed by atoms with E-state index < -0.39 is 0 Å². The van der Waals surface area contributed by atoms with Crippen molar-refractivity contribution in [3.63, 3.8) is 0 Å². The van der Waals surface area contributed by atoms with Crippen LogP contribution in [0.1, 0.15) is 26.3 Å². The van der Waals surface area contributed by atoms with Crippen molar-refractivity contribution < 1.29 is 5.32 Å². The van der Waals surface area contributed by atoms with Crippen LogP contribution in [0.4, 0.5) is 5.69 Å². The number of hydrogen-bond acceptors (Lipinski definition) is 1. The molecule has 1 N–H and O–H groups in total. The monoisotopic (exact) mass is 187 g/mol. The minimum absolute atomic E-state index is 0.268. The zero-order valence-corrected chi connectivity index (χ0v) is 9.04. The first-order valence-corrected chi connectivity index (χ1v) is 5.11. The van der Waals surface area contributed by atoms with Crippen molar-refractivity contribution in [1.29, 1.82) is 0 Å². The topological polar surface area (TPSA) is 15.6 Å². The van der Waals surface area contributed by atoms with Crippen LogP contribution >= 0.6 is 0 Å². The highest BCUT2D eigenvalue weighted by molar-refractivity contribution is 5.62. The van der Waals surface area contributed by atoms with Crippen LogP contribution in [0.15, 0.2) is 30.3 Å². The Hall–Kier alpha value is -1.08. The summed E-state index contributed by atoms with van der Waals surface area (Å²) in [5.41, 5.74) is 2.80. The van der Waals surface area contributed by atoms with Gasteiger partial charge in [-0.3, -0.25) is 0 Å². The van der Waals surface area contributed by atoms with Crippen molar-refractivity contribution in [3.05, 3.63) is 35.9 Å². The van der Waals surface area contributed by atoms with Gasteiger partial charge in [0, 0.05) is 17.0 Å². The lowest BCUT2D eigenvalue weighted by atomic mass is 9.84. The summed E-state index contributed by atoms with van der Waals surface area (Å²) in [4.78, 5) is 0. The van der Waals surface area contributed by atoms with E-state index in [9.17, 15) is 0 Å². The quantitative estimate of drug-likeness (QED) is 0.640. The van der Waals surface area contributed by atoms with E-state index in [0.29, 0.717) is 6.04 Å². The molecule has 1 aliphatic rings. The van der Waals surface area contributed by atoms with Crippen LogP contribution in [0.25, 0.3) is 6.08 Å². The van der Waals surface area contributed by atoms with Gasteiger partial charge >= 0.3 is 0 Å². The summed E-state index contributed by atoms with van der Waals surface area (Å²) in [6.45, 7) is 6.76. The Morgan fingerprint density at radius 2 is 1.86 bits per heavy atom. The van der Waals surface area contributed by atoms with Crippen molar-refractivity contribution in [2.24, 2.45) is 5.41 Å². The van der Waals surface area contributed by atoms with Gasteiger partial charge in [0.15, 0.2) is 11.7 Å². The maximum absolute atomic E-state index is 3.55. The van der Waals surface area contributed by atoms with E-state index in [1.54, 1.807) is 0 Å². The fourth-order valence-corrected chi connectivity index (χ4v) is 1.69. The smallest absolute Gasteiger partial charge is 0.139 e. The molecular weight excluding hydrogens is 170 g/mol. The molecule has 0 fully saturated rings. The molecule has 0 spiro atoms. The Morgan fingerprint density at radius 1 is 1.14 bits per heavy atom. The molecule has 1 heteroatoms. The maximum atomic E-state index is 3.55. The Bertz CT molecular complexity index is 358. The fraction of sp³-hybridized carbons (Fsp3) is 0.385. The van der Waals surface area contributed by atoms with Gasteiger partial charge in [0.25, 0.3) is 0 Å². The molecule has 1 aromatic rings. The van der Waals surface area contributed by atoms with Crippen LogP contribution in [-0.4, -0.2) is 6.04 Å². The molecule has 0 bridgehead atoms. The first-order chi connectivity index (χ1) is 6.57. The Kier molecular flexibility index (Phi) is 2.20. The van der Waals surface area contributed by atoms with Crippen molar-refractivity contribution >= 4 is 11.8 Å². The van der Waals surface area contributed by atoms with E-state index in [4.69, 9.17) is 0 Å². The van der Waals surface area contributed by atoms with Crippen LogP contribution in [0.3, 0.4) is 0 Å². The maximum Gasteiger partial charge on any atom is 0.186 e. The van der Waals surface area contributed by atoms with E-state index in [0.717, 1.165) is 0 Å². The highest BCUT2D eigenvalue weighted by atomic mass is 14.9. The lowest BCUT2D eigenvalue weighted by molar-refractivity contribution is -0.614. The third-order valence-electron chi connectivity index (χ3n) is 2.67. The molecule has 2 rings (SSSR count). The lowest BCUT2D eigenvalue weighted by Crippen LogP contribution is -2.87. The number of benzene rings is 1. The van der Waals surface area contributed by atoms with E-state index in [1.165, 1.54) is 11.3 Å². The van der Waals surface area contributed by atoms with Crippen molar-refractivity contribution in [2.45, 2.75) is 26.8 Å². The van der Waals surface area contributed by atoms with Gasteiger partial charge in [-0.1, -0.05) is 32.9 Å². The van der Waals surface area contributed by atoms with Crippen molar-refractivity contribution in [2.75, 3.05) is 0 Å². The van der Waals surface area contributed by atoms with Gasteiger partial charge in [0.1, 0.15) is 0 Å². The molecule has 0 aliphatic carbocycles. The van der Waals surface area contributed by atoms with Crippen molar-refractivity contribution in [1.82, 2.24) is 0 Å². The summed E-state index contributed by atoms with van der Waals surface area (Å²) in [5, 5.41) is 3.55. The molecule has 1 atom stereocenters. The van der Waals surface area contributed by atoms with Crippen LogP contribution in [0.2, 0.25) is 0 Å². The number of rotatable bonds is 0. The highest BCUT2D eigenvalue weighted by Crippen LogP contribution is 2.23. The molecule has 1 aromatic carbocycles. The summed E-state index contributed by atoms with van der Waals surface area (Å²) in [6, 6.07) is 8.85. The highest BCUT2D eigenvalue weighted by Gasteiger charge is 2.31. The zero-order chi connectivity index (χ0) is 10.2. The fourth-order valence-electron chi connectivity index (χ4n) is 1.69. The Morgan fingerprint density at radius 3 is 2.57 bits per heavy atom. The van der Waals surface area contributed by atoms with Gasteiger partial charge in [-0.2, -0.15) is 0 Å². The van der Waals surface area contributed by atoms with E-state index in [1.807, 2.05) is 0 Å². The third kappa shape index (κ3) is 1.73. The molecule has 14 heavy (non-hydrogen) atoms. The second-order valence-electron chi connectivity index (χ2n) is 4.93. The average molecular weight is 187 g/mol. The number of fused-ring (bicyclic) bond motifs is 1. The Balaban J connectivity index is 2.30. The second kappa shape index (κ2) is 3.25. The summed E-state index contributed by atoms with van der Waals surface area (Å²) in [5.74, 6) is 0. The Labute approximate surface area is 85.8 Å². The van der Waals surface area contributed by atoms with Gasteiger partial charge in [-0.05, 0) is 18.2 Å². The molecule has 0 amide bonds. The lowest BCUT2D eigenvalue weighted by Gasteiger charge is -2.24. The molecule has 0 saturated heterocycles. The molecule has 0 saturated carbocycles. The van der Waals surface area contributed by atoms with Gasteiger partial charge in [-0.25, -0.2) is 0 Å². The number of anilines is 1. The molecule has 1 aliphatic heterocycles. The van der Waals surface area contributed by atoms with Gasteiger partial charge < -0.3 is 0 Å². The molecule has 0 aromatic heterocycles. The normalized spacial score (nSPS) is 20.6. The van der Waals surface area contributed by atoms with Crippen LogP contribution < -0.4 is 5.32 Å². The van der Waals surface area contributed by atoms with Crippen LogP contribution in [0.5, 0.6) is 0 Å². The van der Waals surface area contributed by atoms with Gasteiger partial charge in [0.05, 0.1) is 0 Å². The molecule has 1 radical (unpaired) electrons. The summed E-state index contributed by atoms with van der Waals surface area (Å²) in [6.07, 6.45) is 4.46. The largest absolute Gasteiger partial charge is 0.186 e. The summed E-state index contributed by atoms with van der Waals surface area (Å²) >= 11 is 0. The molecule has 1 nitrogen and oxygen atoms in total. The van der Waals surface area contributed by atoms with Crippen molar-refractivity contribution in [3.8, 4) is 0 Å². The average Bonchev–Trinajstić information content (AvgIpc) is 2.16. The number of hydrogen-bond donors (Lipinski definition) is 1. The number of para-hydroxylation sites is 1. The molecule has 73 valence electrons. The SMILES string of the molecule is CC(C)(C)C1C=Cc2ccccc2[NH+]1. The predicted molar refractivity (Wildman–Crippen MR) is 59.3 cm³/mol. The third-order valence-corrected chi connectivity index (χ3v) is 2.67. The minimum atomic E-state index is 0.268. The molecule has 1 unspecified atom stereocenters. The van der Waals surface area contributed by atoms with Gasteiger partial charge in [-0.15, -0.1) is 5.32 Å². The van der Waals surface area contributed by atoms with E-state index in [-0.39, 0.29) is 5.41 Å². The predicted octanol–water partition coefficient (Wildman–Crippen LogP) is 2.11. The standard InChI is InChI=1S/C13H17N/c1-13(2,3)12-9-8-10-6-4-5-7-11(10)14-12/h4-9,12,14H,1-3H3/q+1. The summed E-state index contributed by atoms with van der Waals surface area (Å²) < 4.78 is 0. The number of nitrogens with one attached hydrogen (secondary N) is 1. The van der Waals surface area contributed by atoms with Gasteiger partial charge in [0.2, 0.25) is 0 Å². The first kappa shape index (κ1) is 9.47. The zero-order valence-electron chi connectivity index (χ0n) is 9.04.